The normalized spacial score (nSPS) is 11.3. The Balaban J connectivity index is 1.33. The molecule has 4 rings (SSSR count). The van der Waals surface area contributed by atoms with Crippen molar-refractivity contribution in [2.24, 2.45) is 0 Å². The van der Waals surface area contributed by atoms with Crippen molar-refractivity contribution < 1.29 is 13.6 Å². The SMILES string of the molecule is N#C/C(=C/c1ccc(SCc2ccco2)o1)C(=O)Nc1nnc(SCc2ccccc2)s1. The molecule has 0 saturated carbocycles. The molecule has 0 aliphatic rings. The molecular formula is C22H16N4O3S3. The number of thioether (sulfide) groups is 2. The predicted molar refractivity (Wildman–Crippen MR) is 125 cm³/mol. The number of hydrogen-bond donors (Lipinski definition) is 1. The molecule has 0 radical (unpaired) electrons. The molecule has 0 unspecified atom stereocenters. The Labute approximate surface area is 196 Å². The minimum Gasteiger partial charge on any atom is -0.468 e. The van der Waals surface area contributed by atoms with Gasteiger partial charge in [0.1, 0.15) is 23.2 Å². The summed E-state index contributed by atoms with van der Waals surface area (Å²) < 4.78 is 11.7. The van der Waals surface area contributed by atoms with Crippen molar-refractivity contribution in [3.05, 3.63) is 83.5 Å². The molecule has 32 heavy (non-hydrogen) atoms. The summed E-state index contributed by atoms with van der Waals surface area (Å²) in [6.45, 7) is 0. The lowest BCUT2D eigenvalue weighted by molar-refractivity contribution is -0.112. The van der Waals surface area contributed by atoms with Crippen LogP contribution in [0.4, 0.5) is 5.13 Å². The topological polar surface area (TPSA) is 105 Å². The van der Waals surface area contributed by atoms with Crippen molar-refractivity contribution in [3.63, 3.8) is 0 Å². The second-order valence-corrected chi connectivity index (χ2v) is 9.48. The van der Waals surface area contributed by atoms with E-state index in [0.29, 0.717) is 21.7 Å². The second kappa shape index (κ2) is 10.9. The van der Waals surface area contributed by atoms with E-state index in [1.54, 1.807) is 18.4 Å². The van der Waals surface area contributed by atoms with E-state index in [9.17, 15) is 10.1 Å². The number of amides is 1. The van der Waals surface area contributed by atoms with Crippen LogP contribution in [0.5, 0.6) is 0 Å². The summed E-state index contributed by atoms with van der Waals surface area (Å²) in [4.78, 5) is 12.5. The van der Waals surface area contributed by atoms with Crippen LogP contribution in [0, 0.1) is 11.3 Å². The molecule has 0 fully saturated rings. The smallest absolute Gasteiger partial charge is 0.268 e. The van der Waals surface area contributed by atoms with E-state index in [2.05, 4.69) is 15.5 Å². The molecule has 10 heteroatoms. The highest BCUT2D eigenvalue weighted by Crippen LogP contribution is 2.29. The molecule has 0 bridgehead atoms. The van der Waals surface area contributed by atoms with Crippen molar-refractivity contribution in [1.82, 2.24) is 10.2 Å². The van der Waals surface area contributed by atoms with Crippen LogP contribution in [0.2, 0.25) is 0 Å². The zero-order valence-corrected chi connectivity index (χ0v) is 19.0. The molecule has 1 N–H and O–H groups in total. The van der Waals surface area contributed by atoms with Crippen molar-refractivity contribution in [2.75, 3.05) is 5.32 Å². The highest BCUT2D eigenvalue weighted by Gasteiger charge is 2.14. The van der Waals surface area contributed by atoms with E-state index < -0.39 is 5.91 Å². The highest BCUT2D eigenvalue weighted by molar-refractivity contribution is 8.00. The lowest BCUT2D eigenvalue weighted by Crippen LogP contribution is -2.13. The van der Waals surface area contributed by atoms with Crippen LogP contribution >= 0.6 is 34.9 Å². The van der Waals surface area contributed by atoms with Crippen molar-refractivity contribution >= 4 is 52.0 Å². The first kappa shape index (κ1) is 22.0. The number of nitrogens with one attached hydrogen (secondary N) is 1. The van der Waals surface area contributed by atoms with Crippen LogP contribution in [0.25, 0.3) is 6.08 Å². The minimum absolute atomic E-state index is 0.0874. The average molecular weight is 481 g/mol. The highest BCUT2D eigenvalue weighted by atomic mass is 32.2. The zero-order valence-electron chi connectivity index (χ0n) is 16.6. The molecule has 0 aliphatic carbocycles. The average Bonchev–Trinajstić information content (AvgIpc) is 3.58. The summed E-state index contributed by atoms with van der Waals surface area (Å²) in [7, 11) is 0. The Bertz CT molecular complexity index is 1240. The van der Waals surface area contributed by atoms with Crippen molar-refractivity contribution in [2.45, 2.75) is 20.9 Å². The van der Waals surface area contributed by atoms with Crippen molar-refractivity contribution in [1.29, 1.82) is 5.26 Å². The number of benzene rings is 1. The van der Waals surface area contributed by atoms with Crippen LogP contribution in [-0.4, -0.2) is 16.1 Å². The number of anilines is 1. The van der Waals surface area contributed by atoms with Gasteiger partial charge in [-0.25, -0.2) is 0 Å². The van der Waals surface area contributed by atoms with Crippen LogP contribution in [0.1, 0.15) is 17.1 Å². The van der Waals surface area contributed by atoms with Crippen LogP contribution in [-0.2, 0) is 16.3 Å². The van der Waals surface area contributed by atoms with Gasteiger partial charge in [-0.2, -0.15) is 5.26 Å². The standard InChI is InChI=1S/C22H16N4O3S3/c23-12-16(11-17-8-9-19(29-17)30-14-18-7-4-10-28-18)20(27)24-21-25-26-22(32-21)31-13-15-5-2-1-3-6-15/h1-11H,13-14H2,(H,24,25,27)/b16-11-. The Morgan fingerprint density at radius 3 is 2.75 bits per heavy atom. The van der Waals surface area contributed by atoms with E-state index in [1.165, 1.54) is 46.5 Å². The number of aromatic nitrogens is 2. The monoisotopic (exact) mass is 480 g/mol. The first-order valence-corrected chi connectivity index (χ1v) is 12.2. The predicted octanol–water partition coefficient (Wildman–Crippen LogP) is 5.85. The largest absolute Gasteiger partial charge is 0.468 e. The number of rotatable bonds is 9. The molecule has 0 saturated heterocycles. The molecule has 1 amide bonds. The number of furan rings is 2. The van der Waals surface area contributed by atoms with E-state index in [4.69, 9.17) is 8.83 Å². The quantitative estimate of drug-likeness (QED) is 0.138. The fourth-order valence-electron chi connectivity index (χ4n) is 2.52. The minimum atomic E-state index is -0.565. The van der Waals surface area contributed by atoms with Gasteiger partial charge >= 0.3 is 0 Å². The maximum atomic E-state index is 12.5. The van der Waals surface area contributed by atoms with Gasteiger partial charge in [0.05, 0.1) is 12.0 Å². The number of nitrogens with zero attached hydrogens (tertiary/aromatic N) is 3. The molecule has 0 spiro atoms. The lowest BCUT2D eigenvalue weighted by atomic mass is 10.2. The summed E-state index contributed by atoms with van der Waals surface area (Å²) >= 11 is 4.25. The summed E-state index contributed by atoms with van der Waals surface area (Å²) in [6, 6.07) is 19.1. The third-order valence-electron chi connectivity index (χ3n) is 4.02. The lowest BCUT2D eigenvalue weighted by Gasteiger charge is -1.99. The number of nitriles is 1. The van der Waals surface area contributed by atoms with Gasteiger partial charge in [-0.05, 0) is 29.8 Å². The fourth-order valence-corrected chi connectivity index (χ4v) is 4.99. The van der Waals surface area contributed by atoms with Gasteiger partial charge < -0.3 is 8.83 Å². The first-order chi connectivity index (χ1) is 15.7. The third kappa shape index (κ3) is 6.13. The molecule has 0 atom stereocenters. The molecule has 7 nitrogen and oxygen atoms in total. The molecule has 1 aromatic carbocycles. The van der Waals surface area contributed by atoms with Gasteiger partial charge in [0.25, 0.3) is 5.91 Å². The molecule has 160 valence electrons. The summed E-state index contributed by atoms with van der Waals surface area (Å²) in [6.07, 6.45) is 3.02. The Kier molecular flexibility index (Phi) is 7.45. The molecule has 4 aromatic rings. The van der Waals surface area contributed by atoms with Gasteiger partial charge in [-0.1, -0.05) is 65.2 Å². The van der Waals surface area contributed by atoms with E-state index in [-0.39, 0.29) is 5.57 Å². The maximum Gasteiger partial charge on any atom is 0.268 e. The molecular weight excluding hydrogens is 464 g/mol. The Hall–Kier alpha value is -3.26. The molecule has 0 aliphatic heterocycles. The maximum absolute atomic E-state index is 12.5. The number of carbonyl (C=O) groups is 1. The van der Waals surface area contributed by atoms with Crippen molar-refractivity contribution in [3.8, 4) is 6.07 Å². The fraction of sp³-hybridized carbons (Fsp3) is 0.0909. The third-order valence-corrected chi connectivity index (χ3v) is 7.00. The summed E-state index contributed by atoms with van der Waals surface area (Å²) in [5.74, 6) is 2.06. The Morgan fingerprint density at radius 2 is 1.97 bits per heavy atom. The summed E-state index contributed by atoms with van der Waals surface area (Å²) in [5, 5.41) is 21.1. The zero-order chi connectivity index (χ0) is 22.2. The molecule has 3 aromatic heterocycles. The van der Waals surface area contributed by atoms with Gasteiger partial charge in [-0.3, -0.25) is 10.1 Å². The van der Waals surface area contributed by atoms with E-state index >= 15 is 0 Å². The Morgan fingerprint density at radius 1 is 1.09 bits per heavy atom. The van der Waals surface area contributed by atoms with E-state index in [1.807, 2.05) is 48.5 Å². The van der Waals surface area contributed by atoms with Crippen LogP contribution in [0.15, 0.2) is 84.7 Å². The molecule has 3 heterocycles. The van der Waals surface area contributed by atoms with E-state index in [0.717, 1.165) is 15.9 Å². The number of carbonyl (C=O) groups excluding carboxylic acids is 1. The first-order valence-electron chi connectivity index (χ1n) is 9.38. The summed E-state index contributed by atoms with van der Waals surface area (Å²) in [5.41, 5.74) is 1.09. The van der Waals surface area contributed by atoms with Gasteiger partial charge in [0.2, 0.25) is 5.13 Å². The van der Waals surface area contributed by atoms with Gasteiger partial charge in [0.15, 0.2) is 9.43 Å². The second-order valence-electron chi connectivity index (χ2n) is 6.30. The van der Waals surface area contributed by atoms with Gasteiger partial charge in [0, 0.05) is 11.8 Å². The van der Waals surface area contributed by atoms with Crippen LogP contribution < -0.4 is 5.32 Å². The number of hydrogen-bond acceptors (Lipinski definition) is 9. The van der Waals surface area contributed by atoms with Crippen LogP contribution in [0.3, 0.4) is 0 Å². The van der Waals surface area contributed by atoms with Gasteiger partial charge in [-0.15, -0.1) is 10.2 Å².